The van der Waals surface area contributed by atoms with Crippen LogP contribution in [0.2, 0.25) is 0 Å². The van der Waals surface area contributed by atoms with Crippen molar-refractivity contribution < 1.29 is 0 Å². The number of hydrogen-bond donors (Lipinski definition) is 1. The second-order valence-corrected chi connectivity index (χ2v) is 6.01. The molecule has 1 N–H and O–H groups in total. The number of hydrogen-bond acceptors (Lipinski definition) is 4. The van der Waals surface area contributed by atoms with E-state index in [0.29, 0.717) is 12.6 Å². The van der Waals surface area contributed by atoms with Crippen LogP contribution in [0.4, 0.5) is 5.69 Å². The van der Waals surface area contributed by atoms with Gasteiger partial charge in [0, 0.05) is 22.1 Å². The molecule has 2 heterocycles. The predicted molar refractivity (Wildman–Crippen MR) is 87.2 cm³/mol. The average Bonchev–Trinajstić information content (AvgIpc) is 2.93. The normalized spacial score (nSPS) is 11.2. The maximum absolute atomic E-state index is 4.49. The zero-order valence-corrected chi connectivity index (χ0v) is 13.5. The van der Waals surface area contributed by atoms with Crippen LogP contribution in [0.5, 0.6) is 0 Å². The van der Waals surface area contributed by atoms with Gasteiger partial charge in [-0.3, -0.25) is 4.98 Å². The van der Waals surface area contributed by atoms with E-state index in [2.05, 4.69) is 62.3 Å². The third-order valence-electron chi connectivity index (χ3n) is 3.25. The number of nitrogens with zero attached hydrogens (tertiary/aromatic N) is 4. The van der Waals surface area contributed by atoms with Crippen molar-refractivity contribution in [2.45, 2.75) is 26.4 Å². The Bertz CT molecular complexity index is 766. The number of benzene rings is 1. The highest BCUT2D eigenvalue weighted by Gasteiger charge is 2.08. The van der Waals surface area contributed by atoms with Crippen molar-refractivity contribution in [2.75, 3.05) is 5.32 Å². The molecule has 0 aliphatic carbocycles. The first-order valence-electron chi connectivity index (χ1n) is 6.81. The first-order valence-corrected chi connectivity index (χ1v) is 7.61. The van der Waals surface area contributed by atoms with Gasteiger partial charge in [-0.05, 0) is 41.9 Å². The summed E-state index contributed by atoms with van der Waals surface area (Å²) in [6.45, 7) is 4.80. The molecule has 3 aromatic rings. The molecule has 0 aliphatic heterocycles. The molecule has 3 rings (SSSR count). The summed E-state index contributed by atoms with van der Waals surface area (Å²) >= 11 is 3.45. The summed E-state index contributed by atoms with van der Waals surface area (Å²) in [4.78, 5) is 8.79. The monoisotopic (exact) mass is 345 g/mol. The van der Waals surface area contributed by atoms with Gasteiger partial charge in [-0.15, -0.1) is 0 Å². The lowest BCUT2D eigenvalue weighted by molar-refractivity contribution is 0.509. The highest BCUT2D eigenvalue weighted by molar-refractivity contribution is 9.10. The van der Waals surface area contributed by atoms with Crippen LogP contribution >= 0.6 is 15.9 Å². The van der Waals surface area contributed by atoms with Crippen molar-refractivity contribution in [3.05, 3.63) is 47.1 Å². The lowest BCUT2D eigenvalue weighted by Crippen LogP contribution is -2.12. The summed E-state index contributed by atoms with van der Waals surface area (Å²) in [6.07, 6.45) is 3.40. The molecule has 108 valence electrons. The second kappa shape index (κ2) is 5.81. The Balaban J connectivity index is 1.87. The minimum atomic E-state index is 0.297. The van der Waals surface area contributed by atoms with E-state index in [4.69, 9.17) is 0 Å². The number of aromatic nitrogens is 4. The Kier molecular flexibility index (Phi) is 3.88. The number of para-hydroxylation sites is 1. The molecular formula is C15H16BrN5. The van der Waals surface area contributed by atoms with Gasteiger partial charge in [0.05, 0.1) is 17.7 Å². The molecule has 2 aromatic heterocycles. The lowest BCUT2D eigenvalue weighted by Gasteiger charge is -2.12. The Morgan fingerprint density at radius 3 is 2.95 bits per heavy atom. The fraction of sp³-hybridized carbons (Fsp3) is 0.267. The standard InChI is InChI=1S/C15H16BrN5/c1-10(2)21-14(19-9-20-21)8-17-13-5-3-4-11-6-12(16)7-18-15(11)13/h3-7,9-10,17H,8H2,1-2H3. The van der Waals surface area contributed by atoms with E-state index in [-0.39, 0.29) is 0 Å². The number of rotatable bonds is 4. The predicted octanol–water partition coefficient (Wildman–Crippen LogP) is 3.78. The minimum Gasteiger partial charge on any atom is -0.376 e. The Morgan fingerprint density at radius 2 is 2.14 bits per heavy atom. The quantitative estimate of drug-likeness (QED) is 0.781. The zero-order valence-electron chi connectivity index (χ0n) is 11.9. The summed E-state index contributed by atoms with van der Waals surface area (Å²) in [5.41, 5.74) is 1.95. The molecular weight excluding hydrogens is 330 g/mol. The van der Waals surface area contributed by atoms with Gasteiger partial charge in [-0.25, -0.2) is 9.67 Å². The van der Waals surface area contributed by atoms with Crippen molar-refractivity contribution in [1.29, 1.82) is 0 Å². The Labute approximate surface area is 131 Å². The summed E-state index contributed by atoms with van der Waals surface area (Å²) in [5, 5.41) is 8.75. The number of nitrogens with one attached hydrogen (secondary N) is 1. The molecule has 0 amide bonds. The van der Waals surface area contributed by atoms with Gasteiger partial charge in [0.15, 0.2) is 0 Å². The molecule has 0 aliphatic rings. The molecule has 6 heteroatoms. The van der Waals surface area contributed by atoms with Gasteiger partial charge in [0.25, 0.3) is 0 Å². The van der Waals surface area contributed by atoms with Crippen molar-refractivity contribution in [1.82, 2.24) is 19.7 Å². The Hall–Kier alpha value is -1.95. The lowest BCUT2D eigenvalue weighted by atomic mass is 10.2. The Morgan fingerprint density at radius 1 is 1.29 bits per heavy atom. The van der Waals surface area contributed by atoms with E-state index in [9.17, 15) is 0 Å². The number of halogens is 1. The molecule has 1 aromatic carbocycles. The van der Waals surface area contributed by atoms with E-state index < -0.39 is 0 Å². The van der Waals surface area contributed by atoms with Crippen LogP contribution in [0.3, 0.4) is 0 Å². The number of fused-ring (bicyclic) bond motifs is 1. The van der Waals surface area contributed by atoms with Gasteiger partial charge < -0.3 is 5.32 Å². The van der Waals surface area contributed by atoms with Crippen molar-refractivity contribution in [3.63, 3.8) is 0 Å². The van der Waals surface area contributed by atoms with Crippen molar-refractivity contribution in [2.24, 2.45) is 0 Å². The number of pyridine rings is 1. The maximum atomic E-state index is 4.49. The summed E-state index contributed by atoms with van der Waals surface area (Å²) in [6, 6.07) is 8.45. The molecule has 0 saturated carbocycles. The molecule has 0 bridgehead atoms. The van der Waals surface area contributed by atoms with Crippen molar-refractivity contribution >= 4 is 32.5 Å². The summed E-state index contributed by atoms with van der Waals surface area (Å²) in [5.74, 6) is 0.916. The molecule has 21 heavy (non-hydrogen) atoms. The van der Waals surface area contributed by atoms with Gasteiger partial charge in [0.1, 0.15) is 12.2 Å². The van der Waals surface area contributed by atoms with Crippen LogP contribution in [0.15, 0.2) is 41.3 Å². The average molecular weight is 346 g/mol. The smallest absolute Gasteiger partial charge is 0.146 e. The zero-order chi connectivity index (χ0) is 14.8. The number of anilines is 1. The van der Waals surface area contributed by atoms with Gasteiger partial charge in [-0.1, -0.05) is 12.1 Å². The van der Waals surface area contributed by atoms with E-state index in [1.165, 1.54) is 0 Å². The fourth-order valence-corrected chi connectivity index (χ4v) is 2.63. The molecule has 0 spiro atoms. The van der Waals surface area contributed by atoms with Gasteiger partial charge >= 0.3 is 0 Å². The summed E-state index contributed by atoms with van der Waals surface area (Å²) in [7, 11) is 0. The van der Waals surface area contributed by atoms with Crippen LogP contribution in [0.1, 0.15) is 25.7 Å². The highest BCUT2D eigenvalue weighted by atomic mass is 79.9. The minimum absolute atomic E-state index is 0.297. The molecule has 5 nitrogen and oxygen atoms in total. The molecule has 0 fully saturated rings. The third kappa shape index (κ3) is 2.90. The second-order valence-electron chi connectivity index (χ2n) is 5.10. The van der Waals surface area contributed by atoms with Crippen LogP contribution in [-0.2, 0) is 6.54 Å². The van der Waals surface area contributed by atoms with E-state index in [1.54, 1.807) is 6.33 Å². The fourth-order valence-electron chi connectivity index (χ4n) is 2.28. The van der Waals surface area contributed by atoms with E-state index >= 15 is 0 Å². The SMILES string of the molecule is CC(C)n1ncnc1CNc1cccc2cc(Br)cnc12. The summed E-state index contributed by atoms with van der Waals surface area (Å²) < 4.78 is 2.90. The van der Waals surface area contributed by atoms with Crippen LogP contribution < -0.4 is 5.32 Å². The molecule has 0 atom stereocenters. The third-order valence-corrected chi connectivity index (χ3v) is 3.68. The molecule has 0 radical (unpaired) electrons. The van der Waals surface area contributed by atoms with Gasteiger partial charge in [-0.2, -0.15) is 5.10 Å². The largest absolute Gasteiger partial charge is 0.376 e. The topological polar surface area (TPSA) is 55.6 Å². The van der Waals surface area contributed by atoms with E-state index in [1.807, 2.05) is 23.0 Å². The van der Waals surface area contributed by atoms with Gasteiger partial charge in [0.2, 0.25) is 0 Å². The highest BCUT2D eigenvalue weighted by Crippen LogP contribution is 2.24. The van der Waals surface area contributed by atoms with Crippen LogP contribution in [0.25, 0.3) is 10.9 Å². The van der Waals surface area contributed by atoms with Crippen LogP contribution in [-0.4, -0.2) is 19.7 Å². The maximum Gasteiger partial charge on any atom is 0.146 e. The molecule has 0 unspecified atom stereocenters. The first kappa shape index (κ1) is 14.0. The van der Waals surface area contributed by atoms with E-state index in [0.717, 1.165) is 26.9 Å². The molecule has 0 saturated heterocycles. The first-order chi connectivity index (χ1) is 10.1. The van der Waals surface area contributed by atoms with Crippen LogP contribution in [0, 0.1) is 0 Å². The van der Waals surface area contributed by atoms with Crippen molar-refractivity contribution in [3.8, 4) is 0 Å².